The zero-order valence-corrected chi connectivity index (χ0v) is 15.7. The quantitative estimate of drug-likeness (QED) is 0.804. The number of anilines is 1. The van der Waals surface area contributed by atoms with Crippen LogP contribution in [-0.2, 0) is 19.1 Å². The molecule has 0 N–H and O–H groups in total. The molecule has 0 aromatic heterocycles. The topological polar surface area (TPSA) is 68.3 Å². The number of likely N-dealkylation sites (tertiary alicyclic amines) is 1. The average molecular weight is 374 g/mol. The summed E-state index contributed by atoms with van der Waals surface area (Å²) >= 11 is 0. The van der Waals surface area contributed by atoms with Crippen molar-refractivity contribution in [3.05, 3.63) is 24.3 Å². The average Bonchev–Trinajstić information content (AvgIpc) is 3.30. The number of hydrogen-bond donors (Lipinski definition) is 0. The first-order valence-corrected chi connectivity index (χ1v) is 9.70. The molecule has 1 aromatic rings. The molecule has 7 nitrogen and oxygen atoms in total. The van der Waals surface area contributed by atoms with E-state index in [1.54, 1.807) is 4.90 Å². The largest absolute Gasteiger partial charge is 0.494 e. The Bertz CT molecular complexity index is 689. The van der Waals surface area contributed by atoms with E-state index in [9.17, 15) is 9.59 Å². The van der Waals surface area contributed by atoms with E-state index in [-0.39, 0.29) is 24.2 Å². The number of nitrogens with zero attached hydrogens (tertiary/aromatic N) is 2. The Labute approximate surface area is 159 Å². The van der Waals surface area contributed by atoms with E-state index in [0.29, 0.717) is 52.3 Å². The van der Waals surface area contributed by atoms with E-state index in [2.05, 4.69) is 0 Å². The summed E-state index contributed by atoms with van der Waals surface area (Å²) < 4.78 is 16.9. The molecule has 27 heavy (non-hydrogen) atoms. The number of ether oxygens (including phenoxy) is 3. The number of hydrogen-bond acceptors (Lipinski definition) is 5. The fourth-order valence-corrected chi connectivity index (χ4v) is 4.12. The van der Waals surface area contributed by atoms with E-state index in [1.807, 2.05) is 36.1 Å². The van der Waals surface area contributed by atoms with Crippen LogP contribution in [0.2, 0.25) is 0 Å². The van der Waals surface area contributed by atoms with Crippen LogP contribution in [0, 0.1) is 5.92 Å². The van der Waals surface area contributed by atoms with Crippen molar-refractivity contribution in [3.8, 4) is 5.75 Å². The molecule has 3 aliphatic rings. The van der Waals surface area contributed by atoms with Crippen LogP contribution >= 0.6 is 0 Å². The number of amides is 2. The highest BCUT2D eigenvalue weighted by molar-refractivity contribution is 6.00. The van der Waals surface area contributed by atoms with Gasteiger partial charge < -0.3 is 24.0 Å². The molecule has 0 radical (unpaired) electrons. The van der Waals surface area contributed by atoms with Crippen molar-refractivity contribution in [1.29, 1.82) is 0 Å². The smallest absolute Gasteiger partial charge is 0.228 e. The third-order valence-electron chi connectivity index (χ3n) is 5.58. The van der Waals surface area contributed by atoms with E-state index in [0.717, 1.165) is 11.4 Å². The van der Waals surface area contributed by atoms with Gasteiger partial charge in [-0.15, -0.1) is 0 Å². The fourth-order valence-electron chi connectivity index (χ4n) is 4.12. The van der Waals surface area contributed by atoms with Crippen LogP contribution in [0.15, 0.2) is 24.3 Å². The van der Waals surface area contributed by atoms with Crippen molar-refractivity contribution in [3.63, 3.8) is 0 Å². The minimum atomic E-state index is -0.489. The van der Waals surface area contributed by atoms with Gasteiger partial charge in [-0.2, -0.15) is 0 Å². The summed E-state index contributed by atoms with van der Waals surface area (Å²) in [7, 11) is 0. The molecule has 4 rings (SSSR count). The van der Waals surface area contributed by atoms with Crippen molar-refractivity contribution >= 4 is 17.5 Å². The molecule has 1 spiro atoms. The molecule has 3 aliphatic heterocycles. The monoisotopic (exact) mass is 374 g/mol. The Morgan fingerprint density at radius 2 is 1.85 bits per heavy atom. The van der Waals surface area contributed by atoms with E-state index < -0.39 is 5.79 Å². The first kappa shape index (κ1) is 18.3. The van der Waals surface area contributed by atoms with Crippen LogP contribution in [0.1, 0.15) is 26.2 Å². The molecule has 146 valence electrons. The van der Waals surface area contributed by atoms with Gasteiger partial charge in [-0.05, 0) is 31.2 Å². The lowest BCUT2D eigenvalue weighted by Gasteiger charge is -2.38. The maximum atomic E-state index is 12.9. The summed E-state index contributed by atoms with van der Waals surface area (Å²) in [6.07, 6.45) is 1.66. The summed E-state index contributed by atoms with van der Waals surface area (Å²) in [6, 6.07) is 7.45. The number of piperidine rings is 1. The van der Waals surface area contributed by atoms with Gasteiger partial charge in [0.25, 0.3) is 0 Å². The molecule has 3 fully saturated rings. The molecule has 0 aliphatic carbocycles. The van der Waals surface area contributed by atoms with Gasteiger partial charge in [-0.1, -0.05) is 0 Å². The molecule has 2 amide bonds. The van der Waals surface area contributed by atoms with Crippen LogP contribution in [0.5, 0.6) is 5.75 Å². The van der Waals surface area contributed by atoms with E-state index in [1.165, 1.54) is 0 Å². The Kier molecular flexibility index (Phi) is 5.06. The molecular weight excluding hydrogens is 348 g/mol. The van der Waals surface area contributed by atoms with Crippen LogP contribution in [-0.4, -0.2) is 62.0 Å². The predicted octanol–water partition coefficient (Wildman–Crippen LogP) is 1.80. The molecule has 3 saturated heterocycles. The second kappa shape index (κ2) is 7.48. The van der Waals surface area contributed by atoms with Gasteiger partial charge in [0.15, 0.2) is 5.79 Å². The van der Waals surface area contributed by atoms with Crippen LogP contribution in [0.25, 0.3) is 0 Å². The summed E-state index contributed by atoms with van der Waals surface area (Å²) in [5.41, 5.74) is 0.809. The molecule has 1 aromatic carbocycles. The Balaban J connectivity index is 1.36. The maximum Gasteiger partial charge on any atom is 0.228 e. The van der Waals surface area contributed by atoms with Gasteiger partial charge in [0, 0.05) is 44.6 Å². The highest BCUT2D eigenvalue weighted by Gasteiger charge is 2.43. The summed E-state index contributed by atoms with van der Waals surface area (Å²) in [5, 5.41) is 0. The van der Waals surface area contributed by atoms with Gasteiger partial charge in [0.2, 0.25) is 11.8 Å². The van der Waals surface area contributed by atoms with Crippen LogP contribution in [0.4, 0.5) is 5.69 Å². The van der Waals surface area contributed by atoms with Gasteiger partial charge in [0.05, 0.1) is 25.7 Å². The molecule has 7 heteroatoms. The minimum Gasteiger partial charge on any atom is -0.494 e. The highest BCUT2D eigenvalue weighted by Crippen LogP contribution is 2.33. The van der Waals surface area contributed by atoms with Crippen LogP contribution < -0.4 is 9.64 Å². The molecular formula is C20H26N2O5. The minimum absolute atomic E-state index is 0.00607. The lowest BCUT2D eigenvalue weighted by atomic mass is 10.0. The first-order valence-electron chi connectivity index (χ1n) is 9.70. The Morgan fingerprint density at radius 1 is 1.19 bits per heavy atom. The van der Waals surface area contributed by atoms with Crippen molar-refractivity contribution in [2.45, 2.75) is 32.0 Å². The third kappa shape index (κ3) is 3.66. The number of carbonyl (C=O) groups is 2. The van der Waals surface area contributed by atoms with Crippen LogP contribution in [0.3, 0.4) is 0 Å². The van der Waals surface area contributed by atoms with Crippen molar-refractivity contribution in [2.75, 3.05) is 44.4 Å². The number of benzene rings is 1. The Morgan fingerprint density at radius 3 is 2.48 bits per heavy atom. The molecule has 1 atom stereocenters. The normalized spacial score (nSPS) is 24.6. The molecule has 0 saturated carbocycles. The molecule has 3 heterocycles. The SMILES string of the molecule is CCOc1ccc(N2C[C@@H](C(=O)N3CCC4(CC3)OCCO4)CC2=O)cc1. The van der Waals surface area contributed by atoms with Crippen molar-refractivity contribution in [1.82, 2.24) is 4.90 Å². The second-order valence-electron chi connectivity index (χ2n) is 7.27. The van der Waals surface area contributed by atoms with Crippen molar-refractivity contribution in [2.24, 2.45) is 5.92 Å². The summed E-state index contributed by atoms with van der Waals surface area (Å²) in [5.74, 6) is 0.0529. The number of carbonyl (C=O) groups excluding carboxylic acids is 2. The third-order valence-corrected chi connectivity index (χ3v) is 5.58. The number of rotatable bonds is 4. The van der Waals surface area contributed by atoms with Crippen molar-refractivity contribution < 1.29 is 23.8 Å². The Hall–Kier alpha value is -2.12. The zero-order valence-electron chi connectivity index (χ0n) is 15.7. The summed E-state index contributed by atoms with van der Waals surface area (Å²) in [6.45, 7) is 5.46. The highest BCUT2D eigenvalue weighted by atomic mass is 16.7. The summed E-state index contributed by atoms with van der Waals surface area (Å²) in [4.78, 5) is 28.9. The molecule has 0 bridgehead atoms. The maximum absolute atomic E-state index is 12.9. The first-order chi connectivity index (χ1) is 13.1. The fraction of sp³-hybridized carbons (Fsp3) is 0.600. The standard InChI is InChI=1S/C20H26N2O5/c1-2-25-17-5-3-16(4-6-17)22-14-15(13-18(22)23)19(24)21-9-7-20(8-10-21)26-11-12-27-20/h3-6,15H,2,7-14H2,1H3/t15-/m0/s1. The lowest BCUT2D eigenvalue weighted by molar-refractivity contribution is -0.188. The van der Waals surface area contributed by atoms with Gasteiger partial charge in [0.1, 0.15) is 5.75 Å². The van der Waals surface area contributed by atoms with Gasteiger partial charge in [-0.25, -0.2) is 0 Å². The van der Waals surface area contributed by atoms with E-state index >= 15 is 0 Å². The second-order valence-corrected chi connectivity index (χ2v) is 7.27. The van der Waals surface area contributed by atoms with E-state index in [4.69, 9.17) is 14.2 Å². The van der Waals surface area contributed by atoms with Gasteiger partial charge in [-0.3, -0.25) is 9.59 Å². The predicted molar refractivity (Wildman–Crippen MR) is 98.5 cm³/mol. The molecule has 0 unspecified atom stereocenters. The zero-order chi connectivity index (χ0) is 18.9. The lowest BCUT2D eigenvalue weighted by Crippen LogP contribution is -2.49. The van der Waals surface area contributed by atoms with Gasteiger partial charge >= 0.3 is 0 Å².